The van der Waals surface area contributed by atoms with Crippen molar-refractivity contribution in [3.8, 4) is 0 Å². The Labute approximate surface area is 116 Å². The monoisotopic (exact) mass is 317 g/mol. The molecule has 5 heteroatoms. The van der Waals surface area contributed by atoms with Crippen LogP contribution >= 0.6 is 27.5 Å². The molecule has 0 amide bonds. The molecule has 0 atom stereocenters. The normalized spacial score (nSPS) is 17.5. The smallest absolute Gasteiger partial charge is 0.143 e. The predicted molar refractivity (Wildman–Crippen MR) is 75.9 cm³/mol. The molecular weight excluding hydrogens is 302 g/mol. The zero-order valence-electron chi connectivity index (χ0n) is 9.99. The number of halogens is 2. The maximum absolute atomic E-state index is 5.90. The van der Waals surface area contributed by atoms with Gasteiger partial charge in [0.05, 0.1) is 9.50 Å². The van der Waals surface area contributed by atoms with Gasteiger partial charge < -0.3 is 4.90 Å². The Morgan fingerprint density at radius 2 is 2.06 bits per heavy atom. The van der Waals surface area contributed by atoms with E-state index in [-0.39, 0.29) is 0 Å². The highest BCUT2D eigenvalue weighted by Gasteiger charge is 2.19. The van der Waals surface area contributed by atoms with Crippen molar-refractivity contribution in [3.05, 3.63) is 21.8 Å². The molecule has 1 saturated heterocycles. The van der Waals surface area contributed by atoms with Gasteiger partial charge in [0.1, 0.15) is 5.82 Å². The molecule has 2 rings (SSSR count). The Morgan fingerprint density at radius 1 is 1.35 bits per heavy atom. The second kappa shape index (κ2) is 6.03. The standard InChI is InChI=1S/C12H17BrClN3/c1-2-3-16-4-6-17(7-5-16)12-11(13)8-10(14)9-15-12/h8-9H,2-7H2,1H3. The topological polar surface area (TPSA) is 19.4 Å². The van der Waals surface area contributed by atoms with E-state index in [1.807, 2.05) is 6.07 Å². The highest BCUT2D eigenvalue weighted by atomic mass is 79.9. The first-order valence-corrected chi connectivity index (χ1v) is 7.16. The van der Waals surface area contributed by atoms with E-state index in [4.69, 9.17) is 11.6 Å². The van der Waals surface area contributed by atoms with E-state index in [2.05, 4.69) is 37.6 Å². The van der Waals surface area contributed by atoms with E-state index < -0.39 is 0 Å². The molecule has 2 heterocycles. The van der Waals surface area contributed by atoms with Crippen LogP contribution in [0.5, 0.6) is 0 Å². The van der Waals surface area contributed by atoms with Gasteiger partial charge in [-0.25, -0.2) is 4.98 Å². The molecule has 0 N–H and O–H groups in total. The Hall–Kier alpha value is -0.320. The number of rotatable bonds is 3. The predicted octanol–water partition coefficient (Wildman–Crippen LogP) is 3.03. The number of anilines is 1. The van der Waals surface area contributed by atoms with Gasteiger partial charge in [0.15, 0.2) is 0 Å². The lowest BCUT2D eigenvalue weighted by Gasteiger charge is -2.35. The van der Waals surface area contributed by atoms with E-state index >= 15 is 0 Å². The van der Waals surface area contributed by atoms with Crippen LogP contribution in [0.3, 0.4) is 0 Å². The molecule has 0 aromatic carbocycles. The number of pyridine rings is 1. The molecule has 94 valence electrons. The van der Waals surface area contributed by atoms with Crippen LogP contribution in [0, 0.1) is 0 Å². The molecule has 1 aliphatic rings. The fourth-order valence-corrected chi connectivity index (χ4v) is 3.03. The van der Waals surface area contributed by atoms with Crippen molar-refractivity contribution in [2.24, 2.45) is 0 Å². The first kappa shape index (κ1) is 13.1. The Bertz CT molecular complexity index is 378. The summed E-state index contributed by atoms with van der Waals surface area (Å²) in [5.41, 5.74) is 0. The van der Waals surface area contributed by atoms with Crippen molar-refractivity contribution >= 4 is 33.3 Å². The molecule has 0 spiro atoms. The van der Waals surface area contributed by atoms with E-state index in [1.54, 1.807) is 6.20 Å². The van der Waals surface area contributed by atoms with Crippen LogP contribution in [0.2, 0.25) is 5.02 Å². The van der Waals surface area contributed by atoms with Gasteiger partial charge in [-0.1, -0.05) is 18.5 Å². The molecule has 0 bridgehead atoms. The number of aromatic nitrogens is 1. The molecule has 1 aromatic rings. The SMILES string of the molecule is CCCN1CCN(c2ncc(Cl)cc2Br)CC1. The fourth-order valence-electron chi connectivity index (χ4n) is 2.14. The lowest BCUT2D eigenvalue weighted by Crippen LogP contribution is -2.46. The van der Waals surface area contributed by atoms with Crippen LogP contribution in [0.1, 0.15) is 13.3 Å². The minimum Gasteiger partial charge on any atom is -0.353 e. The number of piperazine rings is 1. The fraction of sp³-hybridized carbons (Fsp3) is 0.583. The minimum absolute atomic E-state index is 0.672. The summed E-state index contributed by atoms with van der Waals surface area (Å²) in [6, 6.07) is 1.91. The van der Waals surface area contributed by atoms with Gasteiger partial charge in [-0.15, -0.1) is 0 Å². The summed E-state index contributed by atoms with van der Waals surface area (Å²) in [6.45, 7) is 7.72. The zero-order valence-corrected chi connectivity index (χ0v) is 12.3. The van der Waals surface area contributed by atoms with Gasteiger partial charge in [0.2, 0.25) is 0 Å². The van der Waals surface area contributed by atoms with Gasteiger partial charge in [-0.05, 0) is 35.0 Å². The summed E-state index contributed by atoms with van der Waals surface area (Å²) < 4.78 is 0.981. The van der Waals surface area contributed by atoms with Crippen molar-refractivity contribution < 1.29 is 0 Å². The van der Waals surface area contributed by atoms with Crippen LogP contribution < -0.4 is 4.90 Å². The van der Waals surface area contributed by atoms with E-state index in [1.165, 1.54) is 13.0 Å². The molecule has 0 aliphatic carbocycles. The second-order valence-corrected chi connectivity index (χ2v) is 5.58. The van der Waals surface area contributed by atoms with E-state index in [9.17, 15) is 0 Å². The molecule has 0 unspecified atom stereocenters. The number of nitrogens with zero attached hydrogens (tertiary/aromatic N) is 3. The first-order valence-electron chi connectivity index (χ1n) is 5.99. The van der Waals surface area contributed by atoms with Crippen LogP contribution in [0.25, 0.3) is 0 Å². The van der Waals surface area contributed by atoms with Crippen molar-refractivity contribution in [3.63, 3.8) is 0 Å². The lowest BCUT2D eigenvalue weighted by atomic mass is 10.3. The van der Waals surface area contributed by atoms with Gasteiger partial charge in [-0.2, -0.15) is 0 Å². The van der Waals surface area contributed by atoms with Gasteiger partial charge >= 0.3 is 0 Å². The molecule has 0 saturated carbocycles. The Morgan fingerprint density at radius 3 is 2.65 bits per heavy atom. The van der Waals surface area contributed by atoms with Crippen LogP contribution in [0.15, 0.2) is 16.7 Å². The summed E-state index contributed by atoms with van der Waals surface area (Å²) in [4.78, 5) is 9.21. The molecule has 1 aliphatic heterocycles. The van der Waals surface area contributed by atoms with Gasteiger partial charge in [-0.3, -0.25) is 4.90 Å². The third-order valence-corrected chi connectivity index (χ3v) is 3.79. The maximum atomic E-state index is 5.90. The van der Waals surface area contributed by atoms with Gasteiger partial charge in [0, 0.05) is 32.4 Å². The molecule has 0 radical (unpaired) electrons. The van der Waals surface area contributed by atoms with Crippen LogP contribution in [0.4, 0.5) is 5.82 Å². The average molecular weight is 319 g/mol. The van der Waals surface area contributed by atoms with E-state index in [0.29, 0.717) is 5.02 Å². The van der Waals surface area contributed by atoms with Crippen LogP contribution in [-0.2, 0) is 0 Å². The minimum atomic E-state index is 0.672. The molecule has 3 nitrogen and oxygen atoms in total. The molecular formula is C12H17BrClN3. The first-order chi connectivity index (χ1) is 8.20. The Balaban J connectivity index is 2.00. The van der Waals surface area contributed by atoms with Crippen molar-refractivity contribution in [1.82, 2.24) is 9.88 Å². The summed E-state index contributed by atoms with van der Waals surface area (Å²) in [7, 11) is 0. The summed E-state index contributed by atoms with van der Waals surface area (Å²) in [5.74, 6) is 1.01. The largest absolute Gasteiger partial charge is 0.353 e. The number of hydrogen-bond acceptors (Lipinski definition) is 3. The molecule has 1 aromatic heterocycles. The highest BCUT2D eigenvalue weighted by molar-refractivity contribution is 9.10. The van der Waals surface area contributed by atoms with Crippen molar-refractivity contribution in [1.29, 1.82) is 0 Å². The molecule has 17 heavy (non-hydrogen) atoms. The second-order valence-electron chi connectivity index (χ2n) is 4.29. The summed E-state index contributed by atoms with van der Waals surface area (Å²) >= 11 is 9.43. The van der Waals surface area contributed by atoms with Crippen molar-refractivity contribution in [2.75, 3.05) is 37.6 Å². The van der Waals surface area contributed by atoms with Crippen molar-refractivity contribution in [2.45, 2.75) is 13.3 Å². The highest BCUT2D eigenvalue weighted by Crippen LogP contribution is 2.27. The van der Waals surface area contributed by atoms with Gasteiger partial charge in [0.25, 0.3) is 0 Å². The number of hydrogen-bond donors (Lipinski definition) is 0. The Kier molecular flexibility index (Phi) is 4.65. The third-order valence-electron chi connectivity index (χ3n) is 3.00. The average Bonchev–Trinajstić information content (AvgIpc) is 2.31. The quantitative estimate of drug-likeness (QED) is 0.854. The van der Waals surface area contributed by atoms with E-state index in [0.717, 1.165) is 36.5 Å². The maximum Gasteiger partial charge on any atom is 0.143 e. The third kappa shape index (κ3) is 3.33. The summed E-state index contributed by atoms with van der Waals surface area (Å²) in [5, 5.41) is 0.672. The lowest BCUT2D eigenvalue weighted by molar-refractivity contribution is 0.258. The summed E-state index contributed by atoms with van der Waals surface area (Å²) in [6.07, 6.45) is 2.93. The zero-order chi connectivity index (χ0) is 12.3. The molecule has 1 fully saturated rings. The van der Waals surface area contributed by atoms with Crippen LogP contribution in [-0.4, -0.2) is 42.6 Å².